The summed E-state index contributed by atoms with van der Waals surface area (Å²) in [5.41, 5.74) is 6.65. The maximum absolute atomic E-state index is 11.9. The van der Waals surface area contributed by atoms with Gasteiger partial charge in [0.15, 0.2) is 0 Å². The minimum absolute atomic E-state index is 0.153. The van der Waals surface area contributed by atoms with E-state index in [1.54, 1.807) is 18.2 Å². The van der Waals surface area contributed by atoms with Crippen LogP contribution in [-0.2, 0) is 0 Å². The lowest BCUT2D eigenvalue weighted by atomic mass is 10.1. The largest absolute Gasteiger partial charge is 0.398 e. The lowest BCUT2D eigenvalue weighted by Gasteiger charge is -2.08. The minimum atomic E-state index is -0.153. The fourth-order valence-corrected chi connectivity index (χ4v) is 1.87. The second-order valence-electron chi connectivity index (χ2n) is 4.88. The monoisotopic (exact) mass is 268 g/mol. The van der Waals surface area contributed by atoms with Gasteiger partial charge >= 0.3 is 0 Å². The number of halogens is 1. The van der Waals surface area contributed by atoms with Gasteiger partial charge < -0.3 is 11.1 Å². The molecule has 1 aromatic rings. The van der Waals surface area contributed by atoms with Crippen molar-refractivity contribution in [3.63, 3.8) is 0 Å². The van der Waals surface area contributed by atoms with Crippen molar-refractivity contribution in [1.82, 2.24) is 5.32 Å². The third-order valence-electron chi connectivity index (χ3n) is 2.75. The highest BCUT2D eigenvalue weighted by Crippen LogP contribution is 2.17. The zero-order chi connectivity index (χ0) is 13.5. The first kappa shape index (κ1) is 14.8. The molecule has 1 aromatic carbocycles. The summed E-state index contributed by atoms with van der Waals surface area (Å²) in [5, 5.41) is 3.39. The molecule has 1 rings (SSSR count). The molecular formula is C14H21ClN2O. The highest BCUT2D eigenvalue weighted by Gasteiger charge is 2.09. The summed E-state index contributed by atoms with van der Waals surface area (Å²) in [6.07, 6.45) is 3.31. The molecule has 0 aromatic heterocycles. The Kier molecular flexibility index (Phi) is 5.99. The molecule has 3 nitrogen and oxygen atoms in total. The molecule has 0 aliphatic heterocycles. The van der Waals surface area contributed by atoms with Gasteiger partial charge in [-0.1, -0.05) is 38.3 Å². The van der Waals surface area contributed by atoms with Crippen molar-refractivity contribution in [2.24, 2.45) is 5.92 Å². The summed E-state index contributed by atoms with van der Waals surface area (Å²) in [5.74, 6) is 0.559. The molecule has 1 amide bonds. The summed E-state index contributed by atoms with van der Waals surface area (Å²) in [6.45, 7) is 5.08. The fraction of sp³-hybridized carbons (Fsp3) is 0.500. The zero-order valence-corrected chi connectivity index (χ0v) is 11.8. The van der Waals surface area contributed by atoms with Gasteiger partial charge in [0, 0.05) is 17.3 Å². The summed E-state index contributed by atoms with van der Waals surface area (Å²) in [6, 6.07) is 4.92. The molecule has 0 aliphatic rings. The van der Waals surface area contributed by atoms with E-state index in [0.29, 0.717) is 28.7 Å². The first-order valence-corrected chi connectivity index (χ1v) is 6.71. The van der Waals surface area contributed by atoms with Crippen LogP contribution < -0.4 is 11.1 Å². The normalized spacial score (nSPS) is 10.7. The summed E-state index contributed by atoms with van der Waals surface area (Å²) >= 11 is 5.84. The van der Waals surface area contributed by atoms with Crippen LogP contribution in [0.3, 0.4) is 0 Å². The molecule has 0 spiro atoms. The van der Waals surface area contributed by atoms with Gasteiger partial charge in [-0.2, -0.15) is 0 Å². The van der Waals surface area contributed by atoms with Crippen LogP contribution in [0, 0.1) is 5.92 Å². The van der Waals surface area contributed by atoms with Crippen LogP contribution in [0.1, 0.15) is 43.5 Å². The molecule has 0 bridgehead atoms. The van der Waals surface area contributed by atoms with Crippen LogP contribution >= 0.6 is 11.6 Å². The highest BCUT2D eigenvalue weighted by molar-refractivity contribution is 6.31. The van der Waals surface area contributed by atoms with Crippen molar-refractivity contribution >= 4 is 23.2 Å². The number of rotatable bonds is 6. The molecule has 0 saturated carbocycles. The van der Waals surface area contributed by atoms with Gasteiger partial charge in [-0.25, -0.2) is 0 Å². The van der Waals surface area contributed by atoms with Crippen molar-refractivity contribution in [2.45, 2.75) is 33.1 Å². The molecule has 0 saturated heterocycles. The number of anilines is 1. The number of nitrogens with two attached hydrogens (primary N) is 1. The second-order valence-corrected chi connectivity index (χ2v) is 5.31. The number of benzene rings is 1. The number of amides is 1. The van der Waals surface area contributed by atoms with Gasteiger partial charge in [0.1, 0.15) is 0 Å². The summed E-state index contributed by atoms with van der Waals surface area (Å²) in [4.78, 5) is 11.9. The predicted molar refractivity (Wildman–Crippen MR) is 76.9 cm³/mol. The molecule has 3 N–H and O–H groups in total. The topological polar surface area (TPSA) is 55.1 Å². The van der Waals surface area contributed by atoms with E-state index in [2.05, 4.69) is 19.2 Å². The number of nitrogen functional groups attached to an aromatic ring is 1. The Balaban J connectivity index is 2.39. The third kappa shape index (κ3) is 4.96. The van der Waals surface area contributed by atoms with Gasteiger partial charge in [-0.05, 0) is 30.5 Å². The van der Waals surface area contributed by atoms with Crippen LogP contribution in [0.2, 0.25) is 5.02 Å². The Labute approximate surface area is 114 Å². The van der Waals surface area contributed by atoms with E-state index in [-0.39, 0.29) is 5.91 Å². The lowest BCUT2D eigenvalue weighted by Crippen LogP contribution is -2.25. The molecule has 18 heavy (non-hydrogen) atoms. The molecular weight excluding hydrogens is 248 g/mol. The van der Waals surface area contributed by atoms with Crippen LogP contribution in [0.5, 0.6) is 0 Å². The maximum Gasteiger partial charge on any atom is 0.253 e. The van der Waals surface area contributed by atoms with Gasteiger partial charge in [0.05, 0.1) is 5.56 Å². The Bertz CT molecular complexity index is 405. The number of carbonyl (C=O) groups excluding carboxylic acids is 1. The Morgan fingerprint density at radius 3 is 2.78 bits per heavy atom. The molecule has 100 valence electrons. The molecule has 0 aliphatic carbocycles. The second kappa shape index (κ2) is 7.27. The van der Waals surface area contributed by atoms with Crippen molar-refractivity contribution in [3.05, 3.63) is 28.8 Å². The smallest absolute Gasteiger partial charge is 0.253 e. The van der Waals surface area contributed by atoms with E-state index < -0.39 is 0 Å². The van der Waals surface area contributed by atoms with Crippen molar-refractivity contribution in [3.8, 4) is 0 Å². The first-order chi connectivity index (χ1) is 8.50. The van der Waals surface area contributed by atoms with Gasteiger partial charge in [0.25, 0.3) is 5.91 Å². The van der Waals surface area contributed by atoms with Gasteiger partial charge in [0.2, 0.25) is 0 Å². The predicted octanol–water partition coefficient (Wildman–Crippen LogP) is 3.48. The number of hydrogen-bond donors (Lipinski definition) is 2. The molecule has 0 unspecified atom stereocenters. The van der Waals surface area contributed by atoms with E-state index in [1.165, 1.54) is 6.42 Å². The lowest BCUT2D eigenvalue weighted by molar-refractivity contribution is 0.0954. The van der Waals surface area contributed by atoms with E-state index in [1.807, 2.05) is 0 Å². The van der Waals surface area contributed by atoms with E-state index in [4.69, 9.17) is 17.3 Å². The number of nitrogens with one attached hydrogen (secondary N) is 1. The van der Waals surface area contributed by atoms with Crippen LogP contribution in [0.25, 0.3) is 0 Å². The number of unbranched alkanes of at least 4 members (excludes halogenated alkanes) is 1. The quantitative estimate of drug-likeness (QED) is 0.613. The molecule has 0 atom stereocenters. The van der Waals surface area contributed by atoms with Crippen molar-refractivity contribution in [1.29, 1.82) is 0 Å². The number of carbonyl (C=O) groups is 1. The van der Waals surface area contributed by atoms with Crippen molar-refractivity contribution < 1.29 is 4.79 Å². The van der Waals surface area contributed by atoms with E-state index in [0.717, 1.165) is 12.8 Å². The molecule has 0 radical (unpaired) electrons. The average molecular weight is 269 g/mol. The molecule has 4 heteroatoms. The zero-order valence-electron chi connectivity index (χ0n) is 11.0. The Morgan fingerprint density at radius 2 is 2.11 bits per heavy atom. The van der Waals surface area contributed by atoms with Crippen molar-refractivity contribution in [2.75, 3.05) is 12.3 Å². The van der Waals surface area contributed by atoms with Gasteiger partial charge in [-0.15, -0.1) is 0 Å². The van der Waals surface area contributed by atoms with Crippen LogP contribution in [0.4, 0.5) is 5.69 Å². The average Bonchev–Trinajstić information content (AvgIpc) is 2.31. The Hall–Kier alpha value is -1.22. The molecule has 0 heterocycles. The molecule has 0 fully saturated rings. The summed E-state index contributed by atoms with van der Waals surface area (Å²) in [7, 11) is 0. The van der Waals surface area contributed by atoms with Gasteiger partial charge in [-0.3, -0.25) is 4.79 Å². The van der Waals surface area contributed by atoms with E-state index in [9.17, 15) is 4.79 Å². The SMILES string of the molecule is CC(C)CCCCNC(=O)c1cc(Cl)ccc1N. The highest BCUT2D eigenvalue weighted by atomic mass is 35.5. The van der Waals surface area contributed by atoms with E-state index >= 15 is 0 Å². The third-order valence-corrected chi connectivity index (χ3v) is 2.99. The van der Waals surface area contributed by atoms with Crippen LogP contribution in [0.15, 0.2) is 18.2 Å². The minimum Gasteiger partial charge on any atom is -0.398 e. The maximum atomic E-state index is 11.9. The Morgan fingerprint density at radius 1 is 1.39 bits per heavy atom. The summed E-state index contributed by atoms with van der Waals surface area (Å²) < 4.78 is 0. The fourth-order valence-electron chi connectivity index (χ4n) is 1.70. The first-order valence-electron chi connectivity index (χ1n) is 6.34. The number of hydrogen-bond acceptors (Lipinski definition) is 2. The standard InChI is InChI=1S/C14H21ClN2O/c1-10(2)5-3-4-8-17-14(18)12-9-11(15)6-7-13(12)16/h6-7,9-10H,3-5,8,16H2,1-2H3,(H,17,18). The van der Waals surface area contributed by atoms with Crippen LogP contribution in [-0.4, -0.2) is 12.5 Å².